The molecule has 0 radical (unpaired) electrons. The van der Waals surface area contributed by atoms with Gasteiger partial charge >= 0.3 is 0 Å². The summed E-state index contributed by atoms with van der Waals surface area (Å²) in [6.07, 6.45) is 0.542. The first-order valence-corrected chi connectivity index (χ1v) is 8.64. The third-order valence-electron chi connectivity index (χ3n) is 4.52. The van der Waals surface area contributed by atoms with Crippen LogP contribution in [0.15, 0.2) is 48.5 Å². The summed E-state index contributed by atoms with van der Waals surface area (Å²) in [7, 11) is 1.71. The first-order chi connectivity index (χ1) is 13.0. The lowest BCUT2D eigenvalue weighted by Crippen LogP contribution is -2.28. The van der Waals surface area contributed by atoms with Crippen LogP contribution < -0.4 is 0 Å². The van der Waals surface area contributed by atoms with Crippen LogP contribution in [0.5, 0.6) is 0 Å². The van der Waals surface area contributed by atoms with E-state index in [4.69, 9.17) is 5.26 Å². The molecule has 136 valence electrons. The van der Waals surface area contributed by atoms with E-state index in [2.05, 4.69) is 6.07 Å². The normalized spacial score (nSPS) is 13.6. The van der Waals surface area contributed by atoms with Gasteiger partial charge in [-0.2, -0.15) is 5.26 Å². The van der Waals surface area contributed by atoms with Crippen molar-refractivity contribution in [1.29, 1.82) is 5.26 Å². The SMILES string of the molecule is CN(Cc1cccc(C#N)c1)C(=O)c1ccc(CN2C(=O)CCC2=O)cc1. The Kier molecular flexibility index (Phi) is 5.32. The zero-order valence-corrected chi connectivity index (χ0v) is 15.0. The number of rotatable bonds is 5. The molecular formula is C21H19N3O3. The van der Waals surface area contributed by atoms with Gasteiger partial charge in [0.2, 0.25) is 11.8 Å². The van der Waals surface area contributed by atoms with Crippen LogP contribution in [0.4, 0.5) is 0 Å². The number of amides is 3. The number of likely N-dealkylation sites (tertiary alicyclic amines) is 1. The molecule has 0 spiro atoms. The van der Waals surface area contributed by atoms with Crippen LogP contribution in [0, 0.1) is 11.3 Å². The maximum Gasteiger partial charge on any atom is 0.253 e. The van der Waals surface area contributed by atoms with Gasteiger partial charge in [-0.25, -0.2) is 0 Å². The highest BCUT2D eigenvalue weighted by Gasteiger charge is 2.28. The molecule has 1 aliphatic heterocycles. The molecule has 0 unspecified atom stereocenters. The maximum atomic E-state index is 12.6. The van der Waals surface area contributed by atoms with E-state index >= 15 is 0 Å². The van der Waals surface area contributed by atoms with Gasteiger partial charge in [0.1, 0.15) is 0 Å². The number of carbonyl (C=O) groups is 3. The highest BCUT2D eigenvalue weighted by Crippen LogP contribution is 2.17. The molecule has 0 atom stereocenters. The fraction of sp³-hybridized carbons (Fsp3) is 0.238. The van der Waals surface area contributed by atoms with Gasteiger partial charge in [0.25, 0.3) is 5.91 Å². The molecule has 2 aromatic carbocycles. The molecule has 0 aliphatic carbocycles. The Labute approximate surface area is 157 Å². The van der Waals surface area contributed by atoms with Crippen molar-refractivity contribution in [3.05, 3.63) is 70.8 Å². The molecule has 6 heteroatoms. The molecule has 1 fully saturated rings. The van der Waals surface area contributed by atoms with Crippen LogP contribution >= 0.6 is 0 Å². The lowest BCUT2D eigenvalue weighted by atomic mass is 10.1. The molecule has 6 nitrogen and oxygen atoms in total. The van der Waals surface area contributed by atoms with Crippen molar-refractivity contribution in [2.24, 2.45) is 0 Å². The van der Waals surface area contributed by atoms with Crippen molar-refractivity contribution < 1.29 is 14.4 Å². The van der Waals surface area contributed by atoms with Gasteiger partial charge in [0.05, 0.1) is 18.2 Å². The Morgan fingerprint density at radius 1 is 1.07 bits per heavy atom. The second-order valence-corrected chi connectivity index (χ2v) is 6.54. The van der Waals surface area contributed by atoms with Crippen molar-refractivity contribution >= 4 is 17.7 Å². The molecule has 2 aromatic rings. The minimum absolute atomic E-state index is 0.141. The minimum atomic E-state index is -0.153. The van der Waals surface area contributed by atoms with Gasteiger partial charge in [-0.05, 0) is 35.4 Å². The number of nitrogens with zero attached hydrogens (tertiary/aromatic N) is 3. The van der Waals surface area contributed by atoms with Crippen molar-refractivity contribution in [1.82, 2.24) is 9.80 Å². The van der Waals surface area contributed by atoms with Crippen LogP contribution in [-0.4, -0.2) is 34.6 Å². The number of benzene rings is 2. The van der Waals surface area contributed by atoms with Gasteiger partial charge in [0.15, 0.2) is 0 Å². The summed E-state index contributed by atoms with van der Waals surface area (Å²) in [5.41, 5.74) is 2.77. The number of nitriles is 1. The molecule has 27 heavy (non-hydrogen) atoms. The van der Waals surface area contributed by atoms with Gasteiger partial charge in [0, 0.05) is 32.0 Å². The van der Waals surface area contributed by atoms with E-state index < -0.39 is 0 Å². The monoisotopic (exact) mass is 361 g/mol. The largest absolute Gasteiger partial charge is 0.337 e. The second kappa shape index (κ2) is 7.83. The summed E-state index contributed by atoms with van der Waals surface area (Å²) in [6.45, 7) is 0.635. The molecule has 0 N–H and O–H groups in total. The molecule has 0 saturated carbocycles. The molecular weight excluding hydrogens is 342 g/mol. The maximum absolute atomic E-state index is 12.6. The van der Waals surface area contributed by atoms with Gasteiger partial charge in [-0.3, -0.25) is 19.3 Å². The highest BCUT2D eigenvalue weighted by molar-refractivity contribution is 6.01. The Hall–Kier alpha value is -3.46. The van der Waals surface area contributed by atoms with E-state index in [0.717, 1.165) is 11.1 Å². The van der Waals surface area contributed by atoms with Crippen LogP contribution in [0.3, 0.4) is 0 Å². The molecule has 1 saturated heterocycles. The summed E-state index contributed by atoms with van der Waals surface area (Å²) in [4.78, 5) is 38.8. The Morgan fingerprint density at radius 3 is 2.37 bits per heavy atom. The fourth-order valence-electron chi connectivity index (χ4n) is 3.04. The summed E-state index contributed by atoms with van der Waals surface area (Å²) in [6, 6.07) is 16.2. The Bertz CT molecular complexity index is 912. The molecule has 0 aromatic heterocycles. The first kappa shape index (κ1) is 18.3. The zero-order chi connectivity index (χ0) is 19.4. The molecule has 3 rings (SSSR count). The quantitative estimate of drug-likeness (QED) is 0.766. The fourth-order valence-corrected chi connectivity index (χ4v) is 3.04. The number of imide groups is 1. The molecule has 3 amide bonds. The third kappa shape index (κ3) is 4.21. The smallest absolute Gasteiger partial charge is 0.253 e. The predicted octanol–water partition coefficient (Wildman–Crippen LogP) is 2.48. The average Bonchev–Trinajstić information content (AvgIpc) is 3.00. The topological polar surface area (TPSA) is 81.5 Å². The van der Waals surface area contributed by atoms with Crippen molar-refractivity contribution in [3.8, 4) is 6.07 Å². The average molecular weight is 361 g/mol. The van der Waals surface area contributed by atoms with Gasteiger partial charge in [-0.15, -0.1) is 0 Å². The van der Waals surface area contributed by atoms with Crippen molar-refractivity contribution in [3.63, 3.8) is 0 Å². The van der Waals surface area contributed by atoms with Crippen molar-refractivity contribution in [2.75, 3.05) is 7.05 Å². The third-order valence-corrected chi connectivity index (χ3v) is 4.52. The summed E-state index contributed by atoms with van der Waals surface area (Å²) < 4.78 is 0. The van der Waals surface area contributed by atoms with Crippen molar-refractivity contribution in [2.45, 2.75) is 25.9 Å². The minimum Gasteiger partial charge on any atom is -0.337 e. The number of hydrogen-bond acceptors (Lipinski definition) is 4. The van der Waals surface area contributed by atoms with E-state index in [0.29, 0.717) is 17.7 Å². The van der Waals surface area contributed by atoms with E-state index in [1.165, 1.54) is 4.90 Å². The summed E-state index contributed by atoms with van der Waals surface area (Å²) in [5.74, 6) is -0.448. The zero-order valence-electron chi connectivity index (χ0n) is 15.0. The summed E-state index contributed by atoms with van der Waals surface area (Å²) >= 11 is 0. The van der Waals surface area contributed by atoms with Gasteiger partial charge in [-0.1, -0.05) is 24.3 Å². The Balaban J connectivity index is 1.65. The van der Waals surface area contributed by atoms with E-state index in [1.807, 2.05) is 6.07 Å². The first-order valence-electron chi connectivity index (χ1n) is 8.64. The summed E-state index contributed by atoms with van der Waals surface area (Å²) in [5, 5.41) is 8.97. The highest BCUT2D eigenvalue weighted by atomic mass is 16.2. The predicted molar refractivity (Wildman–Crippen MR) is 98.2 cm³/mol. The lowest BCUT2D eigenvalue weighted by Gasteiger charge is -2.18. The van der Waals surface area contributed by atoms with Crippen LogP contribution in [0.2, 0.25) is 0 Å². The number of hydrogen-bond donors (Lipinski definition) is 0. The molecule has 1 aliphatic rings. The van der Waals surface area contributed by atoms with E-state index in [1.54, 1.807) is 54.4 Å². The van der Waals surface area contributed by atoms with Crippen LogP contribution in [0.25, 0.3) is 0 Å². The van der Waals surface area contributed by atoms with E-state index in [-0.39, 0.29) is 37.1 Å². The Morgan fingerprint density at radius 2 is 1.74 bits per heavy atom. The van der Waals surface area contributed by atoms with Crippen LogP contribution in [-0.2, 0) is 22.7 Å². The molecule has 0 bridgehead atoms. The second-order valence-electron chi connectivity index (χ2n) is 6.54. The number of carbonyl (C=O) groups excluding carboxylic acids is 3. The lowest BCUT2D eigenvalue weighted by molar-refractivity contribution is -0.139. The molecule has 1 heterocycles. The van der Waals surface area contributed by atoms with Crippen LogP contribution in [0.1, 0.15) is 39.9 Å². The van der Waals surface area contributed by atoms with Gasteiger partial charge < -0.3 is 4.90 Å². The van der Waals surface area contributed by atoms with E-state index in [9.17, 15) is 14.4 Å². The standard InChI is InChI=1S/C21H19N3O3/c1-23(13-17-4-2-3-16(11-17)12-22)21(27)18-7-5-15(6-8-18)14-24-19(25)9-10-20(24)26/h2-8,11H,9-10,13-14H2,1H3.